The molecule has 10 heteroatoms. The van der Waals surface area contributed by atoms with E-state index >= 15 is 0 Å². The van der Waals surface area contributed by atoms with Crippen LogP contribution in [0.2, 0.25) is 10.0 Å². The van der Waals surface area contributed by atoms with E-state index in [-0.39, 0.29) is 23.9 Å². The van der Waals surface area contributed by atoms with E-state index in [1.807, 2.05) is 0 Å². The Labute approximate surface area is 223 Å². The average Bonchev–Trinajstić information content (AvgIpc) is 3.08. The number of rotatable bonds is 7. The summed E-state index contributed by atoms with van der Waals surface area (Å²) in [5.41, 5.74) is 1.51. The van der Waals surface area contributed by atoms with Gasteiger partial charge in [0.05, 0.1) is 23.0 Å². The van der Waals surface area contributed by atoms with Crippen molar-refractivity contribution < 1.29 is 23.5 Å². The molecule has 1 aliphatic heterocycles. The maximum atomic E-state index is 13.9. The van der Waals surface area contributed by atoms with E-state index in [9.17, 15) is 14.0 Å². The molecule has 1 heterocycles. The lowest BCUT2D eigenvalue weighted by atomic mass is 10.1. The van der Waals surface area contributed by atoms with Gasteiger partial charge in [-0.05, 0) is 69.7 Å². The summed E-state index contributed by atoms with van der Waals surface area (Å²) in [7, 11) is 1.47. The van der Waals surface area contributed by atoms with Crippen molar-refractivity contribution in [2.75, 3.05) is 7.11 Å². The van der Waals surface area contributed by atoms with Gasteiger partial charge in [0.25, 0.3) is 11.1 Å². The predicted molar refractivity (Wildman–Crippen MR) is 139 cm³/mol. The number of imide groups is 1. The minimum atomic E-state index is -0.453. The number of methoxy groups -OCH3 is 1. The fourth-order valence-electron chi connectivity index (χ4n) is 3.36. The molecule has 4 rings (SSSR count). The van der Waals surface area contributed by atoms with Crippen LogP contribution in [0.5, 0.6) is 11.5 Å². The SMILES string of the molecule is COc1cc(/C=C2\SC(=O)N(Cc3c(Cl)cccc3Cl)C2=O)cc(Br)c1OCc1ccccc1F. The second kappa shape index (κ2) is 11.0. The number of nitrogens with zero attached hydrogens (tertiary/aromatic N) is 1. The van der Waals surface area contributed by atoms with Gasteiger partial charge in [-0.15, -0.1) is 0 Å². The van der Waals surface area contributed by atoms with Crippen LogP contribution in [0, 0.1) is 5.82 Å². The minimum absolute atomic E-state index is 0.00444. The molecule has 0 spiro atoms. The van der Waals surface area contributed by atoms with Crippen LogP contribution in [-0.2, 0) is 17.9 Å². The van der Waals surface area contributed by atoms with Gasteiger partial charge >= 0.3 is 0 Å². The first-order valence-corrected chi connectivity index (χ1v) is 12.6. The highest BCUT2D eigenvalue weighted by Gasteiger charge is 2.35. The molecule has 0 saturated carbocycles. The van der Waals surface area contributed by atoms with Crippen LogP contribution in [0.25, 0.3) is 6.08 Å². The third-order valence-electron chi connectivity index (χ3n) is 5.13. The summed E-state index contributed by atoms with van der Waals surface area (Å²) in [6, 6.07) is 14.7. The molecule has 0 aliphatic carbocycles. The van der Waals surface area contributed by atoms with Crippen LogP contribution in [0.15, 0.2) is 64.0 Å². The Hall–Kier alpha value is -2.52. The summed E-state index contributed by atoms with van der Waals surface area (Å²) in [5.74, 6) is -0.0580. The molecule has 35 heavy (non-hydrogen) atoms. The normalized spacial score (nSPS) is 14.7. The first-order valence-electron chi connectivity index (χ1n) is 10.2. The topological polar surface area (TPSA) is 55.8 Å². The highest BCUT2D eigenvalue weighted by molar-refractivity contribution is 9.10. The summed E-state index contributed by atoms with van der Waals surface area (Å²) >= 11 is 16.7. The Morgan fingerprint density at radius 1 is 1.09 bits per heavy atom. The van der Waals surface area contributed by atoms with Crippen molar-refractivity contribution in [2.45, 2.75) is 13.2 Å². The van der Waals surface area contributed by atoms with Crippen molar-refractivity contribution in [1.82, 2.24) is 4.90 Å². The number of amides is 2. The fourth-order valence-corrected chi connectivity index (χ4v) is 5.29. The minimum Gasteiger partial charge on any atom is -0.493 e. The number of hydrogen-bond donors (Lipinski definition) is 0. The van der Waals surface area contributed by atoms with Gasteiger partial charge < -0.3 is 9.47 Å². The number of hydrogen-bond acceptors (Lipinski definition) is 5. The number of halogens is 4. The van der Waals surface area contributed by atoms with Gasteiger partial charge in [-0.3, -0.25) is 14.5 Å². The van der Waals surface area contributed by atoms with Crippen molar-refractivity contribution in [1.29, 1.82) is 0 Å². The first kappa shape index (κ1) is 25.6. The molecule has 0 unspecified atom stereocenters. The number of carbonyl (C=O) groups is 2. The van der Waals surface area contributed by atoms with E-state index in [1.165, 1.54) is 13.2 Å². The summed E-state index contributed by atoms with van der Waals surface area (Å²) in [6.45, 7) is -0.0270. The summed E-state index contributed by atoms with van der Waals surface area (Å²) in [5, 5.41) is 0.327. The zero-order valence-electron chi connectivity index (χ0n) is 18.2. The van der Waals surface area contributed by atoms with Gasteiger partial charge in [0.1, 0.15) is 12.4 Å². The van der Waals surface area contributed by atoms with Crippen molar-refractivity contribution in [3.05, 3.63) is 96.5 Å². The zero-order valence-corrected chi connectivity index (χ0v) is 22.1. The highest BCUT2D eigenvalue weighted by Crippen LogP contribution is 2.40. The molecule has 0 bridgehead atoms. The molecule has 3 aromatic carbocycles. The van der Waals surface area contributed by atoms with Crippen molar-refractivity contribution in [3.8, 4) is 11.5 Å². The number of ether oxygens (including phenoxy) is 2. The Morgan fingerprint density at radius 2 is 1.80 bits per heavy atom. The molecule has 0 N–H and O–H groups in total. The maximum Gasteiger partial charge on any atom is 0.293 e. The van der Waals surface area contributed by atoms with E-state index in [0.717, 1.165) is 16.7 Å². The van der Waals surface area contributed by atoms with E-state index in [2.05, 4.69) is 15.9 Å². The molecule has 0 radical (unpaired) electrons. The van der Waals surface area contributed by atoms with E-state index in [4.69, 9.17) is 32.7 Å². The summed E-state index contributed by atoms with van der Waals surface area (Å²) in [4.78, 5) is 26.9. The number of carbonyl (C=O) groups excluding carboxylic acids is 2. The molecule has 1 saturated heterocycles. The Bertz CT molecular complexity index is 1330. The maximum absolute atomic E-state index is 13.9. The summed E-state index contributed by atoms with van der Waals surface area (Å²) in [6.07, 6.45) is 1.59. The van der Waals surface area contributed by atoms with Crippen LogP contribution >= 0.6 is 50.9 Å². The molecule has 0 atom stereocenters. The van der Waals surface area contributed by atoms with Crippen LogP contribution in [0.1, 0.15) is 16.7 Å². The van der Waals surface area contributed by atoms with Crippen molar-refractivity contribution in [3.63, 3.8) is 0 Å². The van der Waals surface area contributed by atoms with Gasteiger partial charge in [-0.2, -0.15) is 0 Å². The van der Waals surface area contributed by atoms with Crippen molar-refractivity contribution >= 4 is 68.1 Å². The summed E-state index contributed by atoms with van der Waals surface area (Å²) < 4.78 is 25.7. The predicted octanol–water partition coefficient (Wildman–Crippen LogP) is 7.72. The lowest BCUT2D eigenvalue weighted by Crippen LogP contribution is -2.27. The molecule has 5 nitrogen and oxygen atoms in total. The zero-order chi connectivity index (χ0) is 25.1. The second-order valence-corrected chi connectivity index (χ2v) is 10.0. The molecular formula is C25H17BrCl2FNO4S. The third kappa shape index (κ3) is 5.67. The van der Waals surface area contributed by atoms with Crippen molar-refractivity contribution in [2.24, 2.45) is 0 Å². The standard InChI is InChI=1S/C25H17BrCl2FNO4S/c1-33-21-10-14(9-17(26)23(21)34-13-15-5-2-3-8-20(15)29)11-22-24(31)30(25(32)35-22)12-16-18(27)6-4-7-19(16)28/h2-11H,12-13H2,1H3/b22-11-. The van der Waals surface area contributed by atoms with Crippen LogP contribution in [-0.4, -0.2) is 23.2 Å². The van der Waals surface area contributed by atoms with Crippen LogP contribution < -0.4 is 9.47 Å². The smallest absolute Gasteiger partial charge is 0.293 e. The van der Waals surface area contributed by atoms with Gasteiger partial charge in [0.2, 0.25) is 0 Å². The van der Waals surface area contributed by atoms with Gasteiger partial charge in [0, 0.05) is 21.2 Å². The Balaban J connectivity index is 1.56. The molecule has 1 fully saturated rings. The lowest BCUT2D eigenvalue weighted by Gasteiger charge is -2.15. The van der Waals surface area contributed by atoms with Gasteiger partial charge in [-0.25, -0.2) is 4.39 Å². The van der Waals surface area contributed by atoms with E-state index < -0.39 is 11.1 Å². The molecule has 1 aliphatic rings. The first-order chi connectivity index (χ1) is 16.8. The van der Waals surface area contributed by atoms with Crippen LogP contribution in [0.3, 0.4) is 0 Å². The number of benzene rings is 3. The molecule has 3 aromatic rings. The van der Waals surface area contributed by atoms with Crippen LogP contribution in [0.4, 0.5) is 9.18 Å². The van der Waals surface area contributed by atoms with Gasteiger partial charge in [-0.1, -0.05) is 47.5 Å². The average molecular weight is 597 g/mol. The quantitative estimate of drug-likeness (QED) is 0.261. The van der Waals surface area contributed by atoms with E-state index in [0.29, 0.717) is 42.7 Å². The second-order valence-electron chi connectivity index (χ2n) is 7.38. The van der Waals surface area contributed by atoms with Gasteiger partial charge in [0.15, 0.2) is 11.5 Å². The Kier molecular flexibility index (Phi) is 8.06. The fraction of sp³-hybridized carbons (Fsp3) is 0.120. The highest BCUT2D eigenvalue weighted by atomic mass is 79.9. The molecule has 0 aromatic heterocycles. The monoisotopic (exact) mass is 595 g/mol. The number of thioether (sulfide) groups is 1. The molecular weight excluding hydrogens is 580 g/mol. The molecule has 180 valence electrons. The van der Waals surface area contributed by atoms with E-state index in [1.54, 1.807) is 54.6 Å². The third-order valence-corrected chi connectivity index (χ3v) is 7.34. The lowest BCUT2D eigenvalue weighted by molar-refractivity contribution is -0.123. The largest absolute Gasteiger partial charge is 0.493 e. The molecule has 2 amide bonds. The Morgan fingerprint density at radius 3 is 2.49 bits per heavy atom.